The molecule has 0 spiro atoms. The van der Waals surface area contributed by atoms with Gasteiger partial charge in [-0.3, -0.25) is 0 Å². The standard InChI is InChI=1S/C22H18ClN3O2S/c23-16-4-2-15(3-5-16)17-12-29-22-20(17)21(25-13-26-22)24-8-7-14-1-6-18-19(11-14)28-10-9-27-18/h1-6,11-13H,7-10H2,(H,24,25,26). The van der Waals surface area contributed by atoms with Crippen molar-refractivity contribution in [3.63, 3.8) is 0 Å². The number of nitrogens with zero attached hydrogens (tertiary/aromatic N) is 2. The molecule has 1 aliphatic heterocycles. The van der Waals surface area contributed by atoms with Crippen LogP contribution in [-0.2, 0) is 6.42 Å². The largest absolute Gasteiger partial charge is 0.486 e. The molecule has 4 aromatic rings. The molecule has 0 radical (unpaired) electrons. The molecular weight excluding hydrogens is 406 g/mol. The van der Waals surface area contributed by atoms with Crippen molar-refractivity contribution in [2.45, 2.75) is 6.42 Å². The summed E-state index contributed by atoms with van der Waals surface area (Å²) < 4.78 is 11.3. The van der Waals surface area contributed by atoms with E-state index >= 15 is 0 Å². The van der Waals surface area contributed by atoms with Crippen LogP contribution in [0.3, 0.4) is 0 Å². The second-order valence-corrected chi connectivity index (χ2v) is 8.01. The van der Waals surface area contributed by atoms with Crippen molar-refractivity contribution in [3.05, 3.63) is 64.8 Å². The number of ether oxygens (including phenoxy) is 2. The number of anilines is 1. The minimum atomic E-state index is 0.596. The molecule has 3 heterocycles. The van der Waals surface area contributed by atoms with Crippen molar-refractivity contribution in [1.82, 2.24) is 9.97 Å². The Hall–Kier alpha value is -2.83. The van der Waals surface area contributed by atoms with E-state index in [1.807, 2.05) is 30.3 Å². The highest BCUT2D eigenvalue weighted by Crippen LogP contribution is 2.37. The number of fused-ring (bicyclic) bond motifs is 2. The molecule has 1 aliphatic rings. The third-order valence-electron chi connectivity index (χ3n) is 4.84. The summed E-state index contributed by atoms with van der Waals surface area (Å²) in [5.41, 5.74) is 3.41. The number of halogens is 1. The van der Waals surface area contributed by atoms with E-state index in [1.54, 1.807) is 17.7 Å². The number of thiophene rings is 1. The Kier molecular flexibility index (Phi) is 4.96. The zero-order valence-corrected chi connectivity index (χ0v) is 17.1. The molecule has 0 bridgehead atoms. The first-order chi connectivity index (χ1) is 14.3. The van der Waals surface area contributed by atoms with Gasteiger partial charge in [-0.1, -0.05) is 29.8 Å². The van der Waals surface area contributed by atoms with E-state index in [0.717, 1.165) is 56.6 Å². The lowest BCUT2D eigenvalue weighted by Gasteiger charge is -2.19. The van der Waals surface area contributed by atoms with Crippen LogP contribution in [0.5, 0.6) is 11.5 Å². The number of rotatable bonds is 5. The average molecular weight is 424 g/mol. The maximum Gasteiger partial charge on any atom is 0.161 e. The Bertz CT molecular complexity index is 1160. The molecule has 5 rings (SSSR count). The molecule has 2 aromatic heterocycles. The fourth-order valence-electron chi connectivity index (χ4n) is 3.42. The van der Waals surface area contributed by atoms with E-state index in [4.69, 9.17) is 21.1 Å². The van der Waals surface area contributed by atoms with Crippen molar-refractivity contribution in [1.29, 1.82) is 0 Å². The summed E-state index contributed by atoms with van der Waals surface area (Å²) in [6.07, 6.45) is 2.46. The fraction of sp³-hybridized carbons (Fsp3) is 0.182. The molecule has 0 saturated carbocycles. The van der Waals surface area contributed by atoms with Gasteiger partial charge in [-0.25, -0.2) is 9.97 Å². The molecule has 146 valence electrons. The van der Waals surface area contributed by atoms with Gasteiger partial charge in [0.2, 0.25) is 0 Å². The molecule has 0 saturated heterocycles. The molecule has 0 atom stereocenters. The predicted molar refractivity (Wildman–Crippen MR) is 117 cm³/mol. The minimum Gasteiger partial charge on any atom is -0.486 e. The van der Waals surface area contributed by atoms with Crippen LogP contribution < -0.4 is 14.8 Å². The Morgan fingerprint density at radius 3 is 2.69 bits per heavy atom. The molecule has 2 aromatic carbocycles. The topological polar surface area (TPSA) is 56.3 Å². The lowest BCUT2D eigenvalue weighted by atomic mass is 10.1. The van der Waals surface area contributed by atoms with Crippen LogP contribution in [0.25, 0.3) is 21.3 Å². The molecular formula is C22H18ClN3O2S. The molecule has 0 fully saturated rings. The van der Waals surface area contributed by atoms with Crippen molar-refractivity contribution < 1.29 is 9.47 Å². The number of aromatic nitrogens is 2. The molecule has 1 N–H and O–H groups in total. The first-order valence-electron chi connectivity index (χ1n) is 9.38. The highest BCUT2D eigenvalue weighted by Gasteiger charge is 2.14. The first-order valence-corrected chi connectivity index (χ1v) is 10.6. The maximum absolute atomic E-state index is 6.04. The summed E-state index contributed by atoms with van der Waals surface area (Å²) in [5, 5.41) is 7.37. The van der Waals surface area contributed by atoms with Crippen LogP contribution in [-0.4, -0.2) is 29.7 Å². The quantitative estimate of drug-likeness (QED) is 0.463. The minimum absolute atomic E-state index is 0.596. The Morgan fingerprint density at radius 2 is 1.83 bits per heavy atom. The average Bonchev–Trinajstić information content (AvgIpc) is 3.19. The van der Waals surface area contributed by atoms with Gasteiger partial charge in [0.15, 0.2) is 11.5 Å². The second kappa shape index (κ2) is 7.89. The molecule has 5 nitrogen and oxygen atoms in total. The van der Waals surface area contributed by atoms with E-state index in [2.05, 4.69) is 32.8 Å². The van der Waals surface area contributed by atoms with Crippen LogP contribution in [0.2, 0.25) is 5.02 Å². The van der Waals surface area contributed by atoms with Crippen molar-refractivity contribution in [2.75, 3.05) is 25.1 Å². The van der Waals surface area contributed by atoms with Gasteiger partial charge in [0.25, 0.3) is 0 Å². The van der Waals surface area contributed by atoms with E-state index in [-0.39, 0.29) is 0 Å². The smallest absolute Gasteiger partial charge is 0.161 e. The Balaban J connectivity index is 1.37. The molecule has 0 unspecified atom stereocenters. The summed E-state index contributed by atoms with van der Waals surface area (Å²) in [6.45, 7) is 1.95. The van der Waals surface area contributed by atoms with Crippen LogP contribution in [0.4, 0.5) is 5.82 Å². The lowest BCUT2D eigenvalue weighted by Crippen LogP contribution is -2.15. The van der Waals surface area contributed by atoms with E-state index < -0.39 is 0 Å². The Labute approximate surface area is 177 Å². The highest BCUT2D eigenvalue weighted by atomic mass is 35.5. The highest BCUT2D eigenvalue weighted by molar-refractivity contribution is 7.17. The SMILES string of the molecule is Clc1ccc(-c2csc3ncnc(NCCc4ccc5c(c4)OCCO5)c23)cc1. The predicted octanol–water partition coefficient (Wildman–Crippen LogP) is 5.44. The van der Waals surface area contributed by atoms with Gasteiger partial charge < -0.3 is 14.8 Å². The van der Waals surface area contributed by atoms with Crippen LogP contribution in [0.15, 0.2) is 54.2 Å². The van der Waals surface area contributed by atoms with Crippen molar-refractivity contribution >= 4 is 39.0 Å². The van der Waals surface area contributed by atoms with E-state index in [9.17, 15) is 0 Å². The Morgan fingerprint density at radius 1 is 1.00 bits per heavy atom. The molecule has 0 amide bonds. The normalized spacial score (nSPS) is 12.9. The summed E-state index contributed by atoms with van der Waals surface area (Å²) >= 11 is 7.66. The number of nitrogens with one attached hydrogen (secondary N) is 1. The van der Waals surface area contributed by atoms with E-state index in [0.29, 0.717) is 13.2 Å². The fourth-order valence-corrected chi connectivity index (χ4v) is 4.46. The summed E-state index contributed by atoms with van der Waals surface area (Å²) in [7, 11) is 0. The van der Waals surface area contributed by atoms with Gasteiger partial charge >= 0.3 is 0 Å². The van der Waals surface area contributed by atoms with Gasteiger partial charge in [0.05, 0.1) is 5.39 Å². The van der Waals surface area contributed by atoms with Gasteiger partial charge in [-0.15, -0.1) is 11.3 Å². The van der Waals surface area contributed by atoms with Crippen LogP contribution >= 0.6 is 22.9 Å². The van der Waals surface area contributed by atoms with Gasteiger partial charge in [0, 0.05) is 22.5 Å². The van der Waals surface area contributed by atoms with Gasteiger partial charge in [-0.05, 0) is 41.8 Å². The number of benzene rings is 2. The zero-order chi connectivity index (χ0) is 19.6. The first kappa shape index (κ1) is 18.2. The third kappa shape index (κ3) is 3.73. The third-order valence-corrected chi connectivity index (χ3v) is 5.98. The number of hydrogen-bond donors (Lipinski definition) is 1. The monoisotopic (exact) mass is 423 g/mol. The van der Waals surface area contributed by atoms with Gasteiger partial charge in [-0.2, -0.15) is 0 Å². The van der Waals surface area contributed by atoms with Crippen molar-refractivity contribution in [3.8, 4) is 22.6 Å². The summed E-state index contributed by atoms with van der Waals surface area (Å²) in [6, 6.07) is 14.0. The van der Waals surface area contributed by atoms with Crippen molar-refractivity contribution in [2.24, 2.45) is 0 Å². The number of hydrogen-bond acceptors (Lipinski definition) is 6. The maximum atomic E-state index is 6.04. The molecule has 7 heteroatoms. The summed E-state index contributed by atoms with van der Waals surface area (Å²) in [4.78, 5) is 9.89. The van der Waals surface area contributed by atoms with E-state index in [1.165, 1.54) is 5.56 Å². The second-order valence-electron chi connectivity index (χ2n) is 6.71. The van der Waals surface area contributed by atoms with Crippen LogP contribution in [0, 0.1) is 0 Å². The lowest BCUT2D eigenvalue weighted by molar-refractivity contribution is 0.171. The van der Waals surface area contributed by atoms with Crippen LogP contribution in [0.1, 0.15) is 5.56 Å². The summed E-state index contributed by atoms with van der Waals surface area (Å²) in [5.74, 6) is 2.48. The zero-order valence-electron chi connectivity index (χ0n) is 15.5. The molecule has 0 aliphatic carbocycles. The van der Waals surface area contributed by atoms with Gasteiger partial charge in [0.1, 0.15) is 30.2 Å². The molecule has 29 heavy (non-hydrogen) atoms.